The summed E-state index contributed by atoms with van der Waals surface area (Å²) in [6, 6.07) is 14.2. The maximum absolute atomic E-state index is 13.1. The lowest BCUT2D eigenvalue weighted by Gasteiger charge is -2.34. The monoisotopic (exact) mass is 386 g/mol. The lowest BCUT2D eigenvalue weighted by atomic mass is 10.0. The molecule has 144 valence electrons. The van der Waals surface area contributed by atoms with Crippen LogP contribution in [-0.2, 0) is 14.8 Å². The van der Waals surface area contributed by atoms with Crippen molar-refractivity contribution in [1.82, 2.24) is 4.31 Å². The van der Waals surface area contributed by atoms with Crippen molar-refractivity contribution in [2.24, 2.45) is 0 Å². The highest BCUT2D eigenvalue weighted by molar-refractivity contribution is 7.89. The highest BCUT2D eigenvalue weighted by atomic mass is 32.2. The number of carbonyl (C=O) groups is 1. The first-order valence-electron chi connectivity index (χ1n) is 9.32. The van der Waals surface area contributed by atoms with Crippen LogP contribution in [-0.4, -0.2) is 31.2 Å². The van der Waals surface area contributed by atoms with E-state index < -0.39 is 10.0 Å². The maximum atomic E-state index is 13.1. The Kier molecular flexibility index (Phi) is 5.97. The highest BCUT2D eigenvalue weighted by Crippen LogP contribution is 2.27. The molecule has 1 aliphatic heterocycles. The fraction of sp³-hybridized carbons (Fsp3) is 0.381. The summed E-state index contributed by atoms with van der Waals surface area (Å²) < 4.78 is 27.7. The topological polar surface area (TPSA) is 66.5 Å². The van der Waals surface area contributed by atoms with Crippen molar-refractivity contribution in [2.75, 3.05) is 11.9 Å². The molecule has 6 heteroatoms. The van der Waals surface area contributed by atoms with Crippen LogP contribution in [0.3, 0.4) is 0 Å². The highest BCUT2D eigenvalue weighted by Gasteiger charge is 2.34. The summed E-state index contributed by atoms with van der Waals surface area (Å²) in [5.74, 6) is -0.152. The summed E-state index contributed by atoms with van der Waals surface area (Å²) in [6.07, 6.45) is 2.62. The number of para-hydroxylation sites is 1. The number of rotatable bonds is 5. The number of aryl methyl sites for hydroxylation is 2. The second kappa shape index (κ2) is 8.23. The fourth-order valence-corrected chi connectivity index (χ4v) is 5.16. The van der Waals surface area contributed by atoms with Crippen LogP contribution in [0, 0.1) is 13.8 Å². The Morgan fingerprint density at radius 3 is 2.48 bits per heavy atom. The van der Waals surface area contributed by atoms with Gasteiger partial charge in [0.05, 0.1) is 4.90 Å². The summed E-state index contributed by atoms with van der Waals surface area (Å²) in [6.45, 7) is 4.32. The lowest BCUT2D eigenvalue weighted by molar-refractivity contribution is -0.117. The molecule has 0 spiro atoms. The molecule has 0 saturated carbocycles. The van der Waals surface area contributed by atoms with Crippen molar-refractivity contribution in [3.05, 3.63) is 59.7 Å². The molecule has 0 aromatic heterocycles. The summed E-state index contributed by atoms with van der Waals surface area (Å²) in [5.41, 5.74) is 2.77. The molecule has 1 aliphatic rings. The number of benzene rings is 2. The predicted molar refractivity (Wildman–Crippen MR) is 107 cm³/mol. The van der Waals surface area contributed by atoms with E-state index in [2.05, 4.69) is 5.32 Å². The number of hydrogen-bond acceptors (Lipinski definition) is 3. The van der Waals surface area contributed by atoms with E-state index in [1.165, 1.54) is 4.31 Å². The standard InChI is InChI=1S/C21H26N2O3S/c1-16-10-12-19(13-11-16)27(25,26)23-14-6-5-8-18(23)15-21(24)22-20-9-4-3-7-17(20)2/h3-4,7,9-13,18H,5-6,8,14-15H2,1-2H3,(H,22,24)/t18-/m0/s1. The van der Waals surface area contributed by atoms with Gasteiger partial charge in [-0.1, -0.05) is 42.3 Å². The third-order valence-electron chi connectivity index (χ3n) is 5.04. The van der Waals surface area contributed by atoms with E-state index in [4.69, 9.17) is 0 Å². The normalized spacial score (nSPS) is 18.2. The number of anilines is 1. The van der Waals surface area contributed by atoms with Gasteiger partial charge in [-0.2, -0.15) is 4.31 Å². The minimum atomic E-state index is -3.60. The number of nitrogens with zero attached hydrogens (tertiary/aromatic N) is 1. The summed E-state index contributed by atoms with van der Waals surface area (Å²) in [4.78, 5) is 12.8. The maximum Gasteiger partial charge on any atom is 0.243 e. The minimum Gasteiger partial charge on any atom is -0.326 e. The van der Waals surface area contributed by atoms with Crippen LogP contribution in [0.25, 0.3) is 0 Å². The molecule has 2 aromatic carbocycles. The first-order chi connectivity index (χ1) is 12.9. The van der Waals surface area contributed by atoms with Crippen LogP contribution in [0.5, 0.6) is 0 Å². The molecular formula is C21H26N2O3S. The van der Waals surface area contributed by atoms with Gasteiger partial charge in [0.1, 0.15) is 0 Å². The van der Waals surface area contributed by atoms with Gasteiger partial charge in [-0.3, -0.25) is 4.79 Å². The van der Waals surface area contributed by atoms with Crippen molar-refractivity contribution >= 4 is 21.6 Å². The van der Waals surface area contributed by atoms with E-state index >= 15 is 0 Å². The Morgan fingerprint density at radius 2 is 1.78 bits per heavy atom. The largest absolute Gasteiger partial charge is 0.326 e. The Bertz CT molecular complexity index is 907. The molecule has 1 heterocycles. The molecule has 1 saturated heterocycles. The Labute approximate surface area is 161 Å². The Hall–Kier alpha value is -2.18. The van der Waals surface area contributed by atoms with E-state index in [1.54, 1.807) is 24.3 Å². The van der Waals surface area contributed by atoms with E-state index in [1.807, 2.05) is 38.1 Å². The Morgan fingerprint density at radius 1 is 1.07 bits per heavy atom. The molecule has 5 nitrogen and oxygen atoms in total. The molecule has 0 unspecified atom stereocenters. The Balaban J connectivity index is 1.76. The van der Waals surface area contributed by atoms with Crippen molar-refractivity contribution < 1.29 is 13.2 Å². The predicted octanol–water partition coefficient (Wildman–Crippen LogP) is 3.88. The third-order valence-corrected chi connectivity index (χ3v) is 7.01. The zero-order valence-corrected chi connectivity index (χ0v) is 16.6. The van der Waals surface area contributed by atoms with Gasteiger partial charge in [0.2, 0.25) is 15.9 Å². The molecule has 1 fully saturated rings. The van der Waals surface area contributed by atoms with Gasteiger partial charge in [-0.25, -0.2) is 8.42 Å². The number of carbonyl (C=O) groups excluding carboxylic acids is 1. The minimum absolute atomic E-state index is 0.152. The zero-order chi connectivity index (χ0) is 19.4. The third kappa shape index (κ3) is 4.57. The van der Waals surface area contributed by atoms with Crippen LogP contribution in [0.1, 0.15) is 36.8 Å². The number of nitrogens with one attached hydrogen (secondary N) is 1. The molecular weight excluding hydrogens is 360 g/mol. The average Bonchev–Trinajstić information content (AvgIpc) is 2.64. The molecule has 27 heavy (non-hydrogen) atoms. The van der Waals surface area contributed by atoms with Crippen LogP contribution >= 0.6 is 0 Å². The van der Waals surface area contributed by atoms with Crippen molar-refractivity contribution in [3.63, 3.8) is 0 Å². The SMILES string of the molecule is Cc1ccc(S(=O)(=O)N2CCCC[C@H]2CC(=O)Nc2ccccc2C)cc1. The quantitative estimate of drug-likeness (QED) is 0.848. The molecule has 1 atom stereocenters. The first-order valence-corrected chi connectivity index (χ1v) is 10.8. The second-order valence-corrected chi connectivity index (χ2v) is 9.04. The van der Waals surface area contributed by atoms with Gasteiger partial charge in [-0.15, -0.1) is 0 Å². The van der Waals surface area contributed by atoms with Crippen molar-refractivity contribution in [1.29, 1.82) is 0 Å². The lowest BCUT2D eigenvalue weighted by Crippen LogP contribution is -2.45. The fourth-order valence-electron chi connectivity index (χ4n) is 3.47. The van der Waals surface area contributed by atoms with Gasteiger partial charge in [0, 0.05) is 24.7 Å². The van der Waals surface area contributed by atoms with Crippen LogP contribution in [0.4, 0.5) is 5.69 Å². The van der Waals surface area contributed by atoms with Gasteiger partial charge in [0.25, 0.3) is 0 Å². The van der Waals surface area contributed by atoms with E-state index in [0.717, 1.165) is 29.7 Å². The second-order valence-electron chi connectivity index (χ2n) is 7.15. The van der Waals surface area contributed by atoms with Crippen molar-refractivity contribution in [2.45, 2.75) is 50.5 Å². The van der Waals surface area contributed by atoms with Gasteiger partial charge in [-0.05, 0) is 50.5 Å². The number of amides is 1. The van der Waals surface area contributed by atoms with Crippen LogP contribution in [0.2, 0.25) is 0 Å². The zero-order valence-electron chi connectivity index (χ0n) is 15.8. The number of piperidine rings is 1. The molecule has 1 N–H and O–H groups in total. The molecule has 2 aromatic rings. The number of hydrogen-bond donors (Lipinski definition) is 1. The summed E-state index contributed by atoms with van der Waals surface area (Å²) in [7, 11) is -3.60. The van der Waals surface area contributed by atoms with Crippen LogP contribution < -0.4 is 5.32 Å². The summed E-state index contributed by atoms with van der Waals surface area (Å²) in [5, 5.41) is 2.92. The van der Waals surface area contributed by atoms with Gasteiger partial charge < -0.3 is 5.32 Å². The van der Waals surface area contributed by atoms with E-state index in [0.29, 0.717) is 17.9 Å². The average molecular weight is 387 g/mol. The molecule has 1 amide bonds. The van der Waals surface area contributed by atoms with E-state index in [9.17, 15) is 13.2 Å². The van der Waals surface area contributed by atoms with Crippen LogP contribution in [0.15, 0.2) is 53.4 Å². The first kappa shape index (κ1) is 19.6. The smallest absolute Gasteiger partial charge is 0.243 e. The molecule has 0 aliphatic carbocycles. The number of sulfonamides is 1. The molecule has 0 bridgehead atoms. The van der Waals surface area contributed by atoms with Gasteiger partial charge in [0.15, 0.2) is 0 Å². The molecule has 3 rings (SSSR count). The van der Waals surface area contributed by atoms with Gasteiger partial charge >= 0.3 is 0 Å². The van der Waals surface area contributed by atoms with E-state index in [-0.39, 0.29) is 18.4 Å². The summed E-state index contributed by atoms with van der Waals surface area (Å²) >= 11 is 0. The molecule has 0 radical (unpaired) electrons. The van der Waals surface area contributed by atoms with Crippen molar-refractivity contribution in [3.8, 4) is 0 Å².